The summed E-state index contributed by atoms with van der Waals surface area (Å²) in [4.78, 5) is 79.8. The van der Waals surface area contributed by atoms with Crippen molar-refractivity contribution in [1.82, 2.24) is 20.0 Å². The second kappa shape index (κ2) is 24.9. The van der Waals surface area contributed by atoms with Gasteiger partial charge in [0.05, 0.1) is 39.3 Å². The highest BCUT2D eigenvalue weighted by Gasteiger charge is 2.30. The van der Waals surface area contributed by atoms with Gasteiger partial charge >= 0.3 is 35.9 Å². The van der Waals surface area contributed by atoms with Gasteiger partial charge in [0.15, 0.2) is 0 Å². The lowest BCUT2D eigenvalue weighted by molar-refractivity contribution is -0.159. The molecule has 0 aromatic heterocycles. The number of carboxylic acids is 2. The van der Waals surface area contributed by atoms with Gasteiger partial charge in [-0.1, -0.05) is 42.5 Å². The average molecular weight is 859 g/mol. The minimum absolute atomic E-state index is 0.00220. The Kier molecular flexibility index (Phi) is 21.1. The topological polar surface area (TPSA) is 211 Å². The molecule has 61 heavy (non-hydrogen) atoms. The maximum Gasteiger partial charge on any atom is 0.407 e. The molecule has 3 N–H and O–H groups in total. The van der Waals surface area contributed by atoms with E-state index in [-0.39, 0.29) is 52.3 Å². The molecule has 2 rings (SSSR count). The van der Waals surface area contributed by atoms with Crippen molar-refractivity contribution in [1.29, 1.82) is 0 Å². The summed E-state index contributed by atoms with van der Waals surface area (Å²) in [5, 5.41) is 22.3. The fourth-order valence-corrected chi connectivity index (χ4v) is 5.92. The van der Waals surface area contributed by atoms with Gasteiger partial charge in [0.1, 0.15) is 29.2 Å². The number of rotatable bonds is 25. The zero-order valence-corrected chi connectivity index (χ0v) is 37.2. The van der Waals surface area contributed by atoms with Crippen LogP contribution in [-0.2, 0) is 55.9 Å². The van der Waals surface area contributed by atoms with E-state index in [1.807, 2.05) is 42.5 Å². The molecule has 0 fully saturated rings. The first kappa shape index (κ1) is 51.9. The molecule has 1 atom stereocenters. The maximum absolute atomic E-state index is 13.4. The summed E-state index contributed by atoms with van der Waals surface area (Å²) in [6, 6.07) is 15.8. The Morgan fingerprint density at radius 3 is 1.66 bits per heavy atom. The van der Waals surface area contributed by atoms with E-state index in [1.165, 1.54) is 9.80 Å². The smallest absolute Gasteiger partial charge is 0.407 e. The number of amides is 1. The van der Waals surface area contributed by atoms with Gasteiger partial charge in [0.25, 0.3) is 0 Å². The number of carbonyl (C=O) groups is 6. The van der Waals surface area contributed by atoms with E-state index in [2.05, 4.69) is 5.32 Å². The molecule has 1 unspecified atom stereocenters. The van der Waals surface area contributed by atoms with Crippen molar-refractivity contribution in [2.45, 2.75) is 105 Å². The summed E-state index contributed by atoms with van der Waals surface area (Å²) < 4.78 is 27.7. The number of nitrogens with zero attached hydrogens (tertiary/aromatic N) is 3. The molecule has 0 radical (unpaired) electrons. The van der Waals surface area contributed by atoms with Crippen molar-refractivity contribution in [3.05, 3.63) is 65.7 Å². The van der Waals surface area contributed by atoms with Crippen LogP contribution in [0.3, 0.4) is 0 Å². The number of benzene rings is 2. The zero-order valence-electron chi connectivity index (χ0n) is 37.2. The van der Waals surface area contributed by atoms with E-state index in [4.69, 9.17) is 23.7 Å². The molecule has 0 bridgehead atoms. The minimum Gasteiger partial charge on any atom is -0.494 e. The highest BCUT2D eigenvalue weighted by Crippen LogP contribution is 2.19. The molecule has 0 aliphatic rings. The van der Waals surface area contributed by atoms with Crippen LogP contribution in [0.5, 0.6) is 5.75 Å². The van der Waals surface area contributed by atoms with Gasteiger partial charge in [-0.25, -0.2) is 4.79 Å². The predicted molar refractivity (Wildman–Crippen MR) is 226 cm³/mol. The van der Waals surface area contributed by atoms with E-state index in [9.17, 15) is 39.0 Å². The fraction of sp³-hybridized carbons (Fsp3) is 0.591. The summed E-state index contributed by atoms with van der Waals surface area (Å²) in [6.07, 6.45) is 0.218. The van der Waals surface area contributed by atoms with Crippen LogP contribution >= 0.6 is 0 Å². The third-order valence-electron chi connectivity index (χ3n) is 8.17. The van der Waals surface area contributed by atoms with E-state index in [0.29, 0.717) is 25.3 Å². The normalized spacial score (nSPS) is 12.5. The van der Waals surface area contributed by atoms with Crippen LogP contribution in [0.2, 0.25) is 0 Å². The average Bonchev–Trinajstić information content (AvgIpc) is 3.10. The Morgan fingerprint density at radius 1 is 0.623 bits per heavy atom. The summed E-state index contributed by atoms with van der Waals surface area (Å²) in [6.45, 7) is 14.2. The molecule has 0 heterocycles. The van der Waals surface area contributed by atoms with Crippen molar-refractivity contribution in [2.75, 3.05) is 65.5 Å². The SMILES string of the molecule is CC(C)(C)OC(=O)CN(CCN(CC(=O)OC(C)(C)C)C(Cc1ccc(OCCCNC(=O)OCc2ccccc2)cc1)CN(CC(=O)O)CC(=O)OC(C)(C)C)CC(=O)O. The predicted octanol–water partition coefficient (Wildman–Crippen LogP) is 4.39. The summed E-state index contributed by atoms with van der Waals surface area (Å²) >= 11 is 0. The summed E-state index contributed by atoms with van der Waals surface area (Å²) in [5.41, 5.74) is -0.822. The van der Waals surface area contributed by atoms with Gasteiger partial charge in [0, 0.05) is 32.2 Å². The van der Waals surface area contributed by atoms with Crippen LogP contribution in [0.4, 0.5) is 4.79 Å². The van der Waals surface area contributed by atoms with Crippen molar-refractivity contribution >= 4 is 35.9 Å². The first-order valence-corrected chi connectivity index (χ1v) is 20.3. The second-order valence-corrected chi connectivity index (χ2v) is 17.6. The number of carbonyl (C=O) groups excluding carboxylic acids is 4. The van der Waals surface area contributed by atoms with Crippen LogP contribution in [0.15, 0.2) is 54.6 Å². The number of nitrogens with one attached hydrogen (secondary N) is 1. The van der Waals surface area contributed by atoms with Gasteiger partial charge in [-0.2, -0.15) is 0 Å². The molecular weight excluding hydrogens is 792 g/mol. The minimum atomic E-state index is -1.19. The second-order valence-electron chi connectivity index (χ2n) is 17.6. The quantitative estimate of drug-likeness (QED) is 0.0718. The molecule has 0 saturated carbocycles. The lowest BCUT2D eigenvalue weighted by Gasteiger charge is -2.36. The van der Waals surface area contributed by atoms with Gasteiger partial charge in [-0.3, -0.25) is 38.7 Å². The molecule has 1 amide bonds. The number of esters is 3. The van der Waals surface area contributed by atoms with E-state index in [0.717, 1.165) is 11.1 Å². The van der Waals surface area contributed by atoms with Crippen molar-refractivity contribution in [2.24, 2.45) is 0 Å². The molecular formula is C44H66N4O13. The molecule has 17 heteroatoms. The summed E-state index contributed by atoms with van der Waals surface area (Å²) in [5.74, 6) is -3.67. The fourth-order valence-electron chi connectivity index (χ4n) is 5.92. The van der Waals surface area contributed by atoms with E-state index in [1.54, 1.807) is 79.3 Å². The first-order valence-electron chi connectivity index (χ1n) is 20.3. The molecule has 0 aliphatic heterocycles. The van der Waals surface area contributed by atoms with Gasteiger partial charge in [0.2, 0.25) is 0 Å². The van der Waals surface area contributed by atoms with Crippen LogP contribution in [0.1, 0.15) is 79.9 Å². The van der Waals surface area contributed by atoms with E-state index >= 15 is 0 Å². The monoisotopic (exact) mass is 858 g/mol. The third-order valence-corrected chi connectivity index (χ3v) is 8.17. The largest absolute Gasteiger partial charge is 0.494 e. The lowest BCUT2D eigenvalue weighted by Crippen LogP contribution is -2.52. The standard InChI is InChI=1S/C44H66N4O13/c1-42(2,3)59-38(53)28-46(26-36(49)50)21-22-48(30-40(55)61-44(7,8)9)34(25-47(27-37(51)52)29-39(54)60-43(4,5)6)24-32-16-18-35(19-17-32)57-23-13-20-45-41(56)58-31-33-14-11-10-12-15-33/h10-12,14-19,34H,13,20-31H2,1-9H3,(H,45,56)(H,49,50)(H,51,52). The Labute approximate surface area is 359 Å². The van der Waals surface area contributed by atoms with Crippen molar-refractivity contribution < 1.29 is 62.7 Å². The number of hydrogen-bond donors (Lipinski definition) is 3. The zero-order chi connectivity index (χ0) is 45.8. The molecule has 2 aromatic carbocycles. The Morgan fingerprint density at radius 2 is 1.13 bits per heavy atom. The highest BCUT2D eigenvalue weighted by atomic mass is 16.6. The van der Waals surface area contributed by atoms with Gasteiger partial charge in [-0.15, -0.1) is 0 Å². The Balaban J connectivity index is 2.34. The number of aliphatic carboxylic acids is 2. The van der Waals surface area contributed by atoms with Gasteiger partial charge in [-0.05, 0) is 98.4 Å². The van der Waals surface area contributed by atoms with Crippen molar-refractivity contribution in [3.8, 4) is 5.75 Å². The van der Waals surface area contributed by atoms with Crippen LogP contribution in [0.25, 0.3) is 0 Å². The Hall–Kier alpha value is -5.26. The maximum atomic E-state index is 13.4. The molecule has 17 nitrogen and oxygen atoms in total. The van der Waals surface area contributed by atoms with Crippen LogP contribution < -0.4 is 10.1 Å². The Bertz CT molecular complexity index is 1700. The van der Waals surface area contributed by atoms with Crippen molar-refractivity contribution in [3.63, 3.8) is 0 Å². The number of carboxylic acid groups (broad SMARTS) is 2. The number of alkyl carbamates (subject to hydrolysis) is 1. The third kappa shape index (κ3) is 25.2. The highest BCUT2D eigenvalue weighted by molar-refractivity contribution is 5.75. The molecule has 0 saturated heterocycles. The number of hydrogen-bond acceptors (Lipinski definition) is 14. The molecule has 340 valence electrons. The summed E-state index contributed by atoms with van der Waals surface area (Å²) in [7, 11) is 0. The molecule has 0 spiro atoms. The van der Waals surface area contributed by atoms with Crippen LogP contribution in [0, 0.1) is 0 Å². The van der Waals surface area contributed by atoms with E-state index < -0.39 is 71.9 Å². The molecule has 0 aliphatic carbocycles. The van der Waals surface area contributed by atoms with Gasteiger partial charge < -0.3 is 39.2 Å². The molecule has 2 aromatic rings. The number of ether oxygens (including phenoxy) is 5. The van der Waals surface area contributed by atoms with Crippen LogP contribution in [-0.4, -0.2) is 149 Å². The first-order chi connectivity index (χ1) is 28.4. The lowest BCUT2D eigenvalue weighted by atomic mass is 10.0.